The quantitative estimate of drug-likeness (QED) is 0.717. The van der Waals surface area contributed by atoms with Crippen molar-refractivity contribution in [3.8, 4) is 0 Å². The lowest BCUT2D eigenvalue weighted by Crippen LogP contribution is -2.10. The highest BCUT2D eigenvalue weighted by atomic mass is 16.5. The number of nitrogens with zero attached hydrogens (tertiary/aromatic N) is 4. The molecule has 0 unspecified atom stereocenters. The first kappa shape index (κ1) is 16.9. The lowest BCUT2D eigenvalue weighted by molar-refractivity contribution is -0.144. The number of rotatable bonds is 5. The normalized spacial score (nSPS) is 11.0. The summed E-state index contributed by atoms with van der Waals surface area (Å²) < 4.78 is 7.00. The van der Waals surface area contributed by atoms with E-state index in [1.165, 1.54) is 0 Å². The van der Waals surface area contributed by atoms with Gasteiger partial charge in [0.25, 0.3) is 5.78 Å². The van der Waals surface area contributed by atoms with Crippen molar-refractivity contribution < 1.29 is 9.53 Å². The third kappa shape index (κ3) is 3.60. The van der Waals surface area contributed by atoms with E-state index in [0.717, 1.165) is 28.1 Å². The molecule has 3 rings (SSSR count). The molecule has 0 saturated carbocycles. The Morgan fingerprint density at radius 2 is 1.96 bits per heavy atom. The van der Waals surface area contributed by atoms with E-state index in [0.29, 0.717) is 18.8 Å². The molecular formula is C18H21N5O2. The minimum absolute atomic E-state index is 0.185. The summed E-state index contributed by atoms with van der Waals surface area (Å²) in [5.74, 6) is 0.420. The van der Waals surface area contributed by atoms with Crippen molar-refractivity contribution in [1.82, 2.24) is 19.6 Å². The molecule has 0 bridgehead atoms. The van der Waals surface area contributed by atoms with Crippen LogP contribution in [0, 0.1) is 20.8 Å². The second kappa shape index (κ2) is 6.88. The van der Waals surface area contributed by atoms with Crippen LogP contribution in [0.4, 0.5) is 5.95 Å². The van der Waals surface area contributed by atoms with Crippen molar-refractivity contribution in [2.75, 3.05) is 5.73 Å². The Balaban J connectivity index is 1.66. The molecule has 25 heavy (non-hydrogen) atoms. The number of esters is 1. The molecule has 3 aromatic rings. The van der Waals surface area contributed by atoms with Crippen molar-refractivity contribution in [2.24, 2.45) is 0 Å². The van der Waals surface area contributed by atoms with Gasteiger partial charge in [-0.2, -0.15) is 9.50 Å². The smallest absolute Gasteiger partial charge is 0.306 e. The molecule has 130 valence electrons. The number of fused-ring (bicyclic) bond motifs is 1. The zero-order valence-electron chi connectivity index (χ0n) is 14.6. The SMILES string of the molecule is Cc1ccccc1COC(=O)CCc1c(C)nc2nc(N)nn2c1C. The Kier molecular flexibility index (Phi) is 4.65. The Bertz CT molecular complexity index is 933. The number of aryl methyl sites for hydroxylation is 3. The first-order valence-corrected chi connectivity index (χ1v) is 8.14. The zero-order valence-corrected chi connectivity index (χ0v) is 14.6. The fourth-order valence-corrected chi connectivity index (χ4v) is 2.82. The molecule has 7 nitrogen and oxygen atoms in total. The van der Waals surface area contributed by atoms with Gasteiger partial charge in [0, 0.05) is 17.8 Å². The van der Waals surface area contributed by atoms with Crippen LogP contribution in [0.2, 0.25) is 0 Å². The molecule has 0 spiro atoms. The van der Waals surface area contributed by atoms with Crippen LogP contribution >= 0.6 is 0 Å². The summed E-state index contributed by atoms with van der Waals surface area (Å²) in [6, 6.07) is 7.87. The number of benzene rings is 1. The molecule has 2 N–H and O–H groups in total. The Morgan fingerprint density at radius 3 is 2.72 bits per heavy atom. The van der Waals surface area contributed by atoms with Crippen LogP contribution in [-0.4, -0.2) is 25.6 Å². The Hall–Kier alpha value is -2.96. The minimum Gasteiger partial charge on any atom is -0.461 e. The van der Waals surface area contributed by atoms with Gasteiger partial charge >= 0.3 is 5.97 Å². The molecule has 2 heterocycles. The molecule has 7 heteroatoms. The van der Waals surface area contributed by atoms with Gasteiger partial charge in [-0.1, -0.05) is 24.3 Å². The van der Waals surface area contributed by atoms with Crippen LogP contribution in [0.5, 0.6) is 0 Å². The summed E-state index contributed by atoms with van der Waals surface area (Å²) >= 11 is 0. The lowest BCUT2D eigenvalue weighted by atomic mass is 10.1. The molecule has 0 amide bonds. The van der Waals surface area contributed by atoms with Crippen molar-refractivity contribution in [3.05, 3.63) is 52.3 Å². The predicted molar refractivity (Wildman–Crippen MR) is 94.0 cm³/mol. The van der Waals surface area contributed by atoms with Gasteiger partial charge in [-0.05, 0) is 43.9 Å². The maximum absolute atomic E-state index is 12.1. The van der Waals surface area contributed by atoms with Crippen LogP contribution in [0.1, 0.15) is 34.5 Å². The van der Waals surface area contributed by atoms with Gasteiger partial charge < -0.3 is 10.5 Å². The van der Waals surface area contributed by atoms with E-state index in [1.54, 1.807) is 4.52 Å². The maximum atomic E-state index is 12.1. The van der Waals surface area contributed by atoms with Crippen LogP contribution < -0.4 is 5.73 Å². The van der Waals surface area contributed by atoms with E-state index in [4.69, 9.17) is 10.5 Å². The zero-order chi connectivity index (χ0) is 18.0. The molecule has 0 radical (unpaired) electrons. The molecule has 0 aliphatic rings. The Morgan fingerprint density at radius 1 is 1.20 bits per heavy atom. The van der Waals surface area contributed by atoms with Crippen molar-refractivity contribution in [2.45, 2.75) is 40.2 Å². The van der Waals surface area contributed by atoms with Gasteiger partial charge in [-0.15, -0.1) is 5.10 Å². The standard InChI is InChI=1S/C18H21N5O2/c1-11-6-4-5-7-14(11)10-25-16(24)9-8-15-12(2)20-18-21-17(19)22-23(18)13(15)3/h4-7H,8-10H2,1-3H3,(H2,19,22). The van der Waals surface area contributed by atoms with Crippen LogP contribution in [0.3, 0.4) is 0 Å². The van der Waals surface area contributed by atoms with Crippen molar-refractivity contribution >= 4 is 17.7 Å². The van der Waals surface area contributed by atoms with E-state index in [9.17, 15) is 4.79 Å². The van der Waals surface area contributed by atoms with E-state index >= 15 is 0 Å². The number of carbonyl (C=O) groups is 1. The summed E-state index contributed by atoms with van der Waals surface area (Å²) in [5.41, 5.74) is 10.4. The highest BCUT2D eigenvalue weighted by molar-refractivity contribution is 5.70. The summed E-state index contributed by atoms with van der Waals surface area (Å²) in [7, 11) is 0. The van der Waals surface area contributed by atoms with Crippen LogP contribution in [0.25, 0.3) is 5.78 Å². The number of ether oxygens (including phenoxy) is 1. The predicted octanol–water partition coefficient (Wildman–Crippen LogP) is 2.31. The van der Waals surface area contributed by atoms with E-state index in [2.05, 4.69) is 15.1 Å². The number of carbonyl (C=O) groups excluding carboxylic acids is 1. The largest absolute Gasteiger partial charge is 0.461 e. The monoisotopic (exact) mass is 339 g/mol. The summed E-state index contributed by atoms with van der Waals surface area (Å²) in [4.78, 5) is 20.6. The number of hydrogen-bond acceptors (Lipinski definition) is 6. The molecule has 0 atom stereocenters. The van der Waals surface area contributed by atoms with Crippen molar-refractivity contribution in [1.29, 1.82) is 0 Å². The maximum Gasteiger partial charge on any atom is 0.306 e. The number of nitrogen functional groups attached to an aromatic ring is 1. The minimum atomic E-state index is -0.236. The number of anilines is 1. The van der Waals surface area contributed by atoms with E-state index in [-0.39, 0.29) is 18.3 Å². The molecular weight excluding hydrogens is 318 g/mol. The number of nitrogens with two attached hydrogens (primary N) is 1. The molecule has 2 aromatic heterocycles. The van der Waals surface area contributed by atoms with Gasteiger partial charge in [0.2, 0.25) is 5.95 Å². The highest BCUT2D eigenvalue weighted by Gasteiger charge is 2.14. The number of hydrogen-bond donors (Lipinski definition) is 1. The van der Waals surface area contributed by atoms with Gasteiger partial charge in [-0.3, -0.25) is 4.79 Å². The average molecular weight is 339 g/mol. The number of aromatic nitrogens is 4. The van der Waals surface area contributed by atoms with Gasteiger partial charge in [0.15, 0.2) is 0 Å². The molecule has 0 aliphatic carbocycles. The average Bonchev–Trinajstić information content (AvgIpc) is 2.94. The third-order valence-corrected chi connectivity index (χ3v) is 4.29. The molecule has 1 aromatic carbocycles. The van der Waals surface area contributed by atoms with Crippen molar-refractivity contribution in [3.63, 3.8) is 0 Å². The van der Waals surface area contributed by atoms with Gasteiger partial charge in [0.05, 0.1) is 0 Å². The summed E-state index contributed by atoms with van der Waals surface area (Å²) in [5, 5.41) is 4.13. The van der Waals surface area contributed by atoms with Crippen LogP contribution in [-0.2, 0) is 22.6 Å². The van der Waals surface area contributed by atoms with Gasteiger partial charge in [-0.25, -0.2) is 4.98 Å². The fraction of sp³-hybridized carbons (Fsp3) is 0.333. The summed E-state index contributed by atoms with van der Waals surface area (Å²) in [6.45, 7) is 6.11. The third-order valence-electron chi connectivity index (χ3n) is 4.29. The van der Waals surface area contributed by atoms with E-state index in [1.807, 2.05) is 45.0 Å². The van der Waals surface area contributed by atoms with Gasteiger partial charge in [0.1, 0.15) is 6.61 Å². The van der Waals surface area contributed by atoms with E-state index < -0.39 is 0 Å². The second-order valence-corrected chi connectivity index (χ2v) is 6.03. The highest BCUT2D eigenvalue weighted by Crippen LogP contribution is 2.16. The molecule has 0 saturated heterocycles. The fourth-order valence-electron chi connectivity index (χ4n) is 2.82. The Labute approximate surface area is 145 Å². The first-order valence-electron chi connectivity index (χ1n) is 8.14. The first-order chi connectivity index (χ1) is 12.0. The van der Waals surface area contributed by atoms with Crippen LogP contribution in [0.15, 0.2) is 24.3 Å². The summed E-state index contributed by atoms with van der Waals surface area (Å²) in [6.07, 6.45) is 0.817. The molecule has 0 fully saturated rings. The molecule has 0 aliphatic heterocycles. The lowest BCUT2D eigenvalue weighted by Gasteiger charge is -2.11. The topological polar surface area (TPSA) is 95.4 Å². The second-order valence-electron chi connectivity index (χ2n) is 6.03.